The molecule has 0 fully saturated rings. The number of para-hydroxylation sites is 1. The molecule has 0 amide bonds. The van der Waals surface area contributed by atoms with Gasteiger partial charge in [0.15, 0.2) is 0 Å². The molecule has 0 atom stereocenters. The van der Waals surface area contributed by atoms with Crippen molar-refractivity contribution in [2.45, 2.75) is 27.7 Å². The Bertz CT molecular complexity index is 438. The van der Waals surface area contributed by atoms with Gasteiger partial charge in [-0.1, -0.05) is 42.5 Å². The summed E-state index contributed by atoms with van der Waals surface area (Å²) in [7, 11) is 0. The molecule has 18 heavy (non-hydrogen) atoms. The fourth-order valence-electron chi connectivity index (χ4n) is 2.02. The van der Waals surface area contributed by atoms with E-state index in [1.807, 2.05) is 6.92 Å². The van der Waals surface area contributed by atoms with Crippen LogP contribution in [0.2, 0.25) is 0 Å². The van der Waals surface area contributed by atoms with E-state index in [4.69, 9.17) is 0 Å². The van der Waals surface area contributed by atoms with Crippen molar-refractivity contribution in [3.63, 3.8) is 0 Å². The van der Waals surface area contributed by atoms with E-state index >= 15 is 0 Å². The van der Waals surface area contributed by atoms with Crippen LogP contribution in [0.25, 0.3) is 0 Å². The summed E-state index contributed by atoms with van der Waals surface area (Å²) in [4.78, 5) is 2.33. The van der Waals surface area contributed by atoms with Gasteiger partial charge in [0.05, 0.1) is 0 Å². The minimum atomic E-state index is 0.963. The minimum Gasteiger partial charge on any atom is -0.342 e. The van der Waals surface area contributed by atoms with Gasteiger partial charge in [0.1, 0.15) is 0 Å². The molecule has 0 bridgehead atoms. The fraction of sp³-hybridized carbons (Fsp3) is 0.294. The minimum absolute atomic E-state index is 0.963. The topological polar surface area (TPSA) is 3.24 Å². The van der Waals surface area contributed by atoms with Gasteiger partial charge in [-0.25, -0.2) is 0 Å². The average Bonchev–Trinajstić information content (AvgIpc) is 2.42. The summed E-state index contributed by atoms with van der Waals surface area (Å²) in [6, 6.07) is 10.5. The average molecular weight is 241 g/mol. The molecule has 0 spiro atoms. The molecule has 1 aromatic carbocycles. The van der Waals surface area contributed by atoms with Crippen LogP contribution in [0, 0.1) is 0 Å². The maximum absolute atomic E-state index is 2.33. The van der Waals surface area contributed by atoms with Crippen molar-refractivity contribution in [2.75, 3.05) is 11.4 Å². The van der Waals surface area contributed by atoms with Crippen molar-refractivity contribution in [2.24, 2.45) is 0 Å². The van der Waals surface area contributed by atoms with Crippen molar-refractivity contribution in [3.05, 3.63) is 65.9 Å². The van der Waals surface area contributed by atoms with E-state index in [0.717, 1.165) is 6.54 Å². The molecule has 0 aliphatic heterocycles. The second kappa shape index (κ2) is 7.54. The van der Waals surface area contributed by atoms with Crippen LogP contribution in [0.3, 0.4) is 0 Å². The van der Waals surface area contributed by atoms with Crippen LogP contribution >= 0.6 is 0 Å². The van der Waals surface area contributed by atoms with Crippen LogP contribution in [0.15, 0.2) is 65.9 Å². The molecule has 1 nitrogen and oxygen atoms in total. The van der Waals surface area contributed by atoms with Gasteiger partial charge in [-0.3, -0.25) is 0 Å². The highest BCUT2D eigenvalue weighted by atomic mass is 15.1. The molecule has 1 aromatic rings. The van der Waals surface area contributed by atoms with Gasteiger partial charge < -0.3 is 4.90 Å². The van der Waals surface area contributed by atoms with E-state index in [1.165, 1.54) is 17.0 Å². The number of anilines is 1. The Morgan fingerprint density at radius 1 is 1.17 bits per heavy atom. The lowest BCUT2D eigenvalue weighted by atomic mass is 10.1. The van der Waals surface area contributed by atoms with Crippen molar-refractivity contribution >= 4 is 5.69 Å². The smallest absolute Gasteiger partial charge is 0.0410 e. The van der Waals surface area contributed by atoms with Crippen molar-refractivity contribution in [3.8, 4) is 0 Å². The first-order valence-corrected chi connectivity index (χ1v) is 6.53. The Morgan fingerprint density at radius 2 is 1.83 bits per heavy atom. The van der Waals surface area contributed by atoms with Crippen LogP contribution in [-0.4, -0.2) is 6.54 Å². The monoisotopic (exact) mass is 241 g/mol. The Hall–Kier alpha value is -1.76. The molecule has 0 N–H and O–H groups in total. The SMILES string of the molecule is C\C=C/C=C(C)\C(=C/C)N(CC)c1ccccc1. The molecule has 96 valence electrons. The maximum atomic E-state index is 2.33. The van der Waals surface area contributed by atoms with E-state index in [0.29, 0.717) is 0 Å². The summed E-state index contributed by atoms with van der Waals surface area (Å²) in [6.07, 6.45) is 8.46. The number of likely N-dealkylation sites (N-methyl/N-ethyl adjacent to an activating group) is 1. The van der Waals surface area contributed by atoms with Crippen LogP contribution in [0.5, 0.6) is 0 Å². The first kappa shape index (κ1) is 14.3. The second-order valence-corrected chi connectivity index (χ2v) is 4.13. The third kappa shape index (κ3) is 3.63. The molecular formula is C17H23N. The summed E-state index contributed by atoms with van der Waals surface area (Å²) >= 11 is 0. The number of benzene rings is 1. The fourth-order valence-corrected chi connectivity index (χ4v) is 2.02. The van der Waals surface area contributed by atoms with E-state index in [9.17, 15) is 0 Å². The molecular weight excluding hydrogens is 218 g/mol. The van der Waals surface area contributed by atoms with E-state index in [1.54, 1.807) is 0 Å². The standard InChI is InChI=1S/C17H23N/c1-5-8-12-15(4)17(6-2)18(7-3)16-13-10-9-11-14-16/h5-6,8-14H,7H2,1-4H3/b8-5-,15-12-,17-6+. The summed E-state index contributed by atoms with van der Waals surface area (Å²) < 4.78 is 0. The van der Waals surface area contributed by atoms with Crippen molar-refractivity contribution in [1.29, 1.82) is 0 Å². The maximum Gasteiger partial charge on any atom is 0.0410 e. The predicted molar refractivity (Wildman–Crippen MR) is 81.8 cm³/mol. The van der Waals surface area contributed by atoms with E-state index in [2.05, 4.69) is 80.3 Å². The van der Waals surface area contributed by atoms with Gasteiger partial charge in [0.2, 0.25) is 0 Å². The molecule has 0 saturated carbocycles. The van der Waals surface area contributed by atoms with Gasteiger partial charge in [-0.05, 0) is 45.4 Å². The van der Waals surface area contributed by atoms with E-state index in [-0.39, 0.29) is 0 Å². The predicted octanol–water partition coefficient (Wildman–Crippen LogP) is 4.94. The first-order chi connectivity index (χ1) is 8.74. The molecule has 0 aromatic heterocycles. The lowest BCUT2D eigenvalue weighted by Crippen LogP contribution is -2.22. The van der Waals surface area contributed by atoms with Gasteiger partial charge in [0, 0.05) is 17.9 Å². The molecule has 0 heterocycles. The molecule has 1 heteroatoms. The third-order valence-corrected chi connectivity index (χ3v) is 2.89. The zero-order valence-corrected chi connectivity index (χ0v) is 11.9. The highest BCUT2D eigenvalue weighted by Gasteiger charge is 2.09. The van der Waals surface area contributed by atoms with Crippen LogP contribution in [0.4, 0.5) is 5.69 Å². The number of allylic oxidation sites excluding steroid dienone is 5. The summed E-state index contributed by atoms with van der Waals surface area (Å²) in [5, 5.41) is 0. The van der Waals surface area contributed by atoms with Gasteiger partial charge in [-0.15, -0.1) is 0 Å². The van der Waals surface area contributed by atoms with Crippen LogP contribution in [-0.2, 0) is 0 Å². The Kier molecular flexibility index (Phi) is 5.99. The van der Waals surface area contributed by atoms with Crippen molar-refractivity contribution in [1.82, 2.24) is 0 Å². The second-order valence-electron chi connectivity index (χ2n) is 4.13. The normalized spacial score (nSPS) is 13.1. The molecule has 1 rings (SSSR count). The lowest BCUT2D eigenvalue weighted by Gasteiger charge is -2.26. The number of hydrogen-bond acceptors (Lipinski definition) is 1. The lowest BCUT2D eigenvalue weighted by molar-refractivity contribution is 0.956. The summed E-state index contributed by atoms with van der Waals surface area (Å²) in [6.45, 7) is 9.42. The number of hydrogen-bond donors (Lipinski definition) is 0. The Labute approximate surface area is 111 Å². The summed E-state index contributed by atoms with van der Waals surface area (Å²) in [5.41, 5.74) is 3.78. The van der Waals surface area contributed by atoms with Crippen LogP contribution < -0.4 is 4.90 Å². The van der Waals surface area contributed by atoms with Crippen molar-refractivity contribution < 1.29 is 0 Å². The quantitative estimate of drug-likeness (QED) is 0.660. The molecule has 0 aliphatic carbocycles. The highest BCUT2D eigenvalue weighted by molar-refractivity contribution is 5.56. The first-order valence-electron chi connectivity index (χ1n) is 6.53. The van der Waals surface area contributed by atoms with Gasteiger partial charge >= 0.3 is 0 Å². The van der Waals surface area contributed by atoms with Gasteiger partial charge in [0.25, 0.3) is 0 Å². The zero-order valence-electron chi connectivity index (χ0n) is 11.9. The van der Waals surface area contributed by atoms with Crippen LogP contribution in [0.1, 0.15) is 27.7 Å². The molecule has 0 unspecified atom stereocenters. The molecule has 0 saturated heterocycles. The van der Waals surface area contributed by atoms with Gasteiger partial charge in [-0.2, -0.15) is 0 Å². The molecule has 0 radical (unpaired) electrons. The third-order valence-electron chi connectivity index (χ3n) is 2.89. The zero-order chi connectivity index (χ0) is 13.4. The number of nitrogens with zero attached hydrogens (tertiary/aromatic N) is 1. The number of rotatable bonds is 5. The largest absolute Gasteiger partial charge is 0.342 e. The highest BCUT2D eigenvalue weighted by Crippen LogP contribution is 2.23. The summed E-state index contributed by atoms with van der Waals surface area (Å²) in [5.74, 6) is 0. The Morgan fingerprint density at radius 3 is 2.33 bits per heavy atom. The Balaban J connectivity index is 3.07. The van der Waals surface area contributed by atoms with E-state index < -0.39 is 0 Å². The molecule has 0 aliphatic rings.